The number of unbranched alkanes of at least 4 members (excludes halogenated alkanes) is 1. The Morgan fingerprint density at radius 2 is 1.85 bits per heavy atom. The highest BCUT2D eigenvalue weighted by Crippen LogP contribution is 2.39. The molecule has 1 aliphatic carbocycles. The quantitative estimate of drug-likeness (QED) is 0.686. The maximum absolute atomic E-state index is 13.3. The molecule has 4 heteroatoms. The van der Waals surface area contributed by atoms with E-state index in [1.165, 1.54) is 0 Å². The predicted octanol–water partition coefficient (Wildman–Crippen LogP) is 5.13. The van der Waals surface area contributed by atoms with E-state index in [4.69, 9.17) is 0 Å². The molecular weight excluding hydrogens is 336 g/mol. The maximum Gasteiger partial charge on any atom is 0.254 e. The number of aromatic amines is 1. The summed E-state index contributed by atoms with van der Waals surface area (Å²) in [4.78, 5) is 31.1. The number of benzene rings is 2. The number of amides is 1. The minimum Gasteiger partial charge on any atom is -0.352 e. The Morgan fingerprint density at radius 3 is 2.63 bits per heavy atom. The van der Waals surface area contributed by atoms with Gasteiger partial charge in [-0.15, -0.1) is 0 Å². The number of rotatable bonds is 5. The number of ketones is 1. The number of hydrogen-bond donors (Lipinski definition) is 1. The zero-order valence-corrected chi connectivity index (χ0v) is 15.6. The largest absolute Gasteiger partial charge is 0.352 e. The van der Waals surface area contributed by atoms with E-state index in [-0.39, 0.29) is 17.7 Å². The third kappa shape index (κ3) is 3.16. The monoisotopic (exact) mass is 360 g/mol. The first-order valence-corrected chi connectivity index (χ1v) is 9.70. The molecule has 0 bridgehead atoms. The molecule has 1 aliphatic rings. The van der Waals surface area contributed by atoms with E-state index in [1.807, 2.05) is 59.5 Å². The van der Waals surface area contributed by atoms with Crippen molar-refractivity contribution in [3.8, 4) is 0 Å². The molecule has 1 atom stereocenters. The van der Waals surface area contributed by atoms with Crippen LogP contribution in [0.5, 0.6) is 0 Å². The Kier molecular flexibility index (Phi) is 4.80. The van der Waals surface area contributed by atoms with Gasteiger partial charge in [0, 0.05) is 35.0 Å². The lowest BCUT2D eigenvalue weighted by Crippen LogP contribution is -2.38. The Hall–Kier alpha value is -2.88. The van der Waals surface area contributed by atoms with Crippen molar-refractivity contribution in [2.24, 2.45) is 0 Å². The topological polar surface area (TPSA) is 53.2 Å². The molecule has 0 unspecified atom stereocenters. The van der Waals surface area contributed by atoms with Gasteiger partial charge in [0.2, 0.25) is 0 Å². The number of hydrogen-bond acceptors (Lipinski definition) is 2. The van der Waals surface area contributed by atoms with Crippen LogP contribution in [0.4, 0.5) is 0 Å². The van der Waals surface area contributed by atoms with Gasteiger partial charge in [0.05, 0.1) is 11.7 Å². The number of aromatic nitrogens is 1. The van der Waals surface area contributed by atoms with Gasteiger partial charge in [-0.25, -0.2) is 0 Å². The van der Waals surface area contributed by atoms with Crippen LogP contribution in [0.3, 0.4) is 0 Å². The van der Waals surface area contributed by atoms with Crippen molar-refractivity contribution < 1.29 is 9.59 Å². The van der Waals surface area contributed by atoms with Crippen LogP contribution in [0.1, 0.15) is 65.1 Å². The first-order valence-electron chi connectivity index (χ1n) is 9.70. The van der Waals surface area contributed by atoms with Crippen molar-refractivity contribution in [3.05, 3.63) is 71.4 Å². The van der Waals surface area contributed by atoms with Gasteiger partial charge in [-0.3, -0.25) is 9.59 Å². The molecule has 4 nitrogen and oxygen atoms in total. The summed E-state index contributed by atoms with van der Waals surface area (Å²) in [7, 11) is 0. The average Bonchev–Trinajstić information content (AvgIpc) is 3.11. The molecule has 0 saturated carbocycles. The summed E-state index contributed by atoms with van der Waals surface area (Å²) in [6.07, 6.45) is 3.11. The van der Waals surface area contributed by atoms with E-state index >= 15 is 0 Å². The SMILES string of the molecule is CCCCN(C(=O)c1ccccc1)[C@H]1CCC(=O)c2[nH]c3ccccc3c21. The van der Waals surface area contributed by atoms with Crippen molar-refractivity contribution in [1.82, 2.24) is 9.88 Å². The van der Waals surface area contributed by atoms with Gasteiger partial charge in [0.25, 0.3) is 5.91 Å². The first kappa shape index (κ1) is 17.5. The fraction of sp³-hybridized carbons (Fsp3) is 0.304. The predicted molar refractivity (Wildman–Crippen MR) is 107 cm³/mol. The molecule has 27 heavy (non-hydrogen) atoms. The van der Waals surface area contributed by atoms with Crippen LogP contribution in [-0.4, -0.2) is 28.1 Å². The molecule has 0 aliphatic heterocycles. The molecule has 1 amide bonds. The summed E-state index contributed by atoms with van der Waals surface area (Å²) in [5, 5.41) is 1.05. The van der Waals surface area contributed by atoms with Crippen molar-refractivity contribution in [2.75, 3.05) is 6.54 Å². The number of nitrogens with zero attached hydrogens (tertiary/aromatic N) is 1. The third-order valence-electron chi connectivity index (χ3n) is 5.41. The molecule has 4 rings (SSSR count). The van der Waals surface area contributed by atoms with Gasteiger partial charge in [0.1, 0.15) is 0 Å². The lowest BCUT2D eigenvalue weighted by Gasteiger charge is -2.34. The van der Waals surface area contributed by atoms with Crippen LogP contribution in [0.25, 0.3) is 10.9 Å². The maximum atomic E-state index is 13.3. The zero-order chi connectivity index (χ0) is 18.8. The zero-order valence-electron chi connectivity index (χ0n) is 15.6. The van der Waals surface area contributed by atoms with E-state index in [1.54, 1.807) is 0 Å². The van der Waals surface area contributed by atoms with Crippen LogP contribution in [-0.2, 0) is 0 Å². The molecule has 1 N–H and O–H groups in total. The summed E-state index contributed by atoms with van der Waals surface area (Å²) < 4.78 is 0. The second-order valence-electron chi connectivity index (χ2n) is 7.16. The smallest absolute Gasteiger partial charge is 0.254 e. The minimum absolute atomic E-state index is 0.0413. The van der Waals surface area contributed by atoms with E-state index in [9.17, 15) is 9.59 Å². The second kappa shape index (κ2) is 7.39. The normalized spacial score (nSPS) is 16.3. The molecule has 3 aromatic rings. The molecule has 0 spiro atoms. The first-order chi connectivity index (χ1) is 13.2. The summed E-state index contributed by atoms with van der Waals surface area (Å²) in [6, 6.07) is 17.4. The lowest BCUT2D eigenvalue weighted by atomic mass is 9.88. The minimum atomic E-state index is -0.0758. The Balaban J connectivity index is 1.80. The highest BCUT2D eigenvalue weighted by molar-refractivity contribution is 6.04. The van der Waals surface area contributed by atoms with Gasteiger partial charge in [-0.2, -0.15) is 0 Å². The van der Waals surface area contributed by atoms with Crippen LogP contribution in [0.15, 0.2) is 54.6 Å². The Bertz CT molecular complexity index is 974. The summed E-state index contributed by atoms with van der Waals surface area (Å²) in [5.41, 5.74) is 3.33. The fourth-order valence-corrected chi connectivity index (χ4v) is 4.05. The molecule has 138 valence electrons. The van der Waals surface area contributed by atoms with Crippen molar-refractivity contribution in [3.63, 3.8) is 0 Å². The van der Waals surface area contributed by atoms with E-state index in [0.29, 0.717) is 30.6 Å². The Labute approximate surface area is 159 Å². The number of Topliss-reactive ketones (excluding diaryl/α,β-unsaturated/α-hetero) is 1. The molecule has 0 saturated heterocycles. The molecular formula is C23H24N2O2. The van der Waals surface area contributed by atoms with Gasteiger partial charge >= 0.3 is 0 Å². The Morgan fingerprint density at radius 1 is 1.11 bits per heavy atom. The highest BCUT2D eigenvalue weighted by Gasteiger charge is 2.35. The molecule has 0 radical (unpaired) electrons. The summed E-state index contributed by atoms with van der Waals surface area (Å²) in [6.45, 7) is 2.83. The molecule has 2 aromatic carbocycles. The van der Waals surface area contributed by atoms with Crippen molar-refractivity contribution >= 4 is 22.6 Å². The number of carbonyl (C=O) groups excluding carboxylic acids is 2. The van der Waals surface area contributed by atoms with Gasteiger partial charge in [0.15, 0.2) is 5.78 Å². The number of fused-ring (bicyclic) bond motifs is 3. The third-order valence-corrected chi connectivity index (χ3v) is 5.41. The van der Waals surface area contributed by atoms with Crippen LogP contribution < -0.4 is 0 Å². The standard InChI is InChI=1S/C23H24N2O2/c1-2-3-15-25(23(27)16-9-5-4-6-10-16)19-13-14-20(26)22-21(19)17-11-7-8-12-18(17)24-22/h4-12,19,24H,2-3,13-15H2,1H3/t19-/m0/s1. The molecule has 0 fully saturated rings. The van der Waals surface area contributed by atoms with Gasteiger partial charge in [-0.1, -0.05) is 49.7 Å². The van der Waals surface area contributed by atoms with E-state index < -0.39 is 0 Å². The lowest BCUT2D eigenvalue weighted by molar-refractivity contribution is 0.0640. The number of para-hydroxylation sites is 1. The van der Waals surface area contributed by atoms with Gasteiger partial charge < -0.3 is 9.88 Å². The highest BCUT2D eigenvalue weighted by atomic mass is 16.2. The molecule has 1 aromatic heterocycles. The number of carbonyl (C=O) groups is 2. The van der Waals surface area contributed by atoms with Crippen LogP contribution in [0, 0.1) is 0 Å². The average molecular weight is 360 g/mol. The van der Waals surface area contributed by atoms with Crippen LogP contribution >= 0.6 is 0 Å². The fourth-order valence-electron chi connectivity index (χ4n) is 4.05. The van der Waals surface area contributed by atoms with E-state index in [0.717, 1.165) is 29.3 Å². The van der Waals surface area contributed by atoms with Gasteiger partial charge in [-0.05, 0) is 31.0 Å². The molecule has 1 heterocycles. The van der Waals surface area contributed by atoms with Crippen molar-refractivity contribution in [1.29, 1.82) is 0 Å². The van der Waals surface area contributed by atoms with E-state index in [2.05, 4.69) is 11.9 Å². The number of H-pyrrole nitrogens is 1. The van der Waals surface area contributed by atoms with Crippen LogP contribution in [0.2, 0.25) is 0 Å². The summed E-state index contributed by atoms with van der Waals surface area (Å²) in [5.74, 6) is 0.180. The summed E-state index contributed by atoms with van der Waals surface area (Å²) >= 11 is 0. The number of nitrogens with one attached hydrogen (secondary N) is 1. The van der Waals surface area contributed by atoms with Crippen molar-refractivity contribution in [2.45, 2.75) is 38.6 Å². The second-order valence-corrected chi connectivity index (χ2v) is 7.16.